The van der Waals surface area contributed by atoms with Crippen LogP contribution < -0.4 is 16.0 Å². The van der Waals surface area contributed by atoms with Crippen molar-refractivity contribution < 1.29 is 9.53 Å². The van der Waals surface area contributed by atoms with Gasteiger partial charge in [-0.25, -0.2) is 24.7 Å². The number of carbonyl (C=O) groups excluding carboxylic acids is 1. The number of nitrogens with two attached hydrogens (primary N) is 1. The van der Waals surface area contributed by atoms with E-state index < -0.39 is 6.03 Å². The number of carbonyl (C=O) groups is 1. The monoisotopic (exact) mass is 427 g/mol. The van der Waals surface area contributed by atoms with Gasteiger partial charge in [0.1, 0.15) is 12.1 Å². The number of amides is 2. The molecular formula is C23H21N7O2. The lowest BCUT2D eigenvalue weighted by Gasteiger charge is -2.29. The first-order valence-corrected chi connectivity index (χ1v) is 10.2. The number of ether oxygens (including phenoxy) is 1. The summed E-state index contributed by atoms with van der Waals surface area (Å²) in [7, 11) is 0. The van der Waals surface area contributed by atoms with E-state index in [4.69, 9.17) is 20.4 Å². The summed E-state index contributed by atoms with van der Waals surface area (Å²) < 4.78 is 5.53. The Morgan fingerprint density at radius 2 is 1.66 bits per heavy atom. The number of nitrogens with one attached hydrogen (secondary N) is 1. The van der Waals surface area contributed by atoms with E-state index in [-0.39, 0.29) is 0 Å². The fraction of sp³-hybridized carbons (Fsp3) is 0.174. The Balaban J connectivity index is 1.62. The highest BCUT2D eigenvalue weighted by molar-refractivity contribution is 5.94. The highest BCUT2D eigenvalue weighted by Gasteiger charge is 2.18. The van der Waals surface area contributed by atoms with Crippen LogP contribution in [0, 0.1) is 0 Å². The Kier molecular flexibility index (Phi) is 5.30. The van der Waals surface area contributed by atoms with Crippen molar-refractivity contribution in [2.75, 3.05) is 36.5 Å². The van der Waals surface area contributed by atoms with Crippen LogP contribution in [-0.4, -0.2) is 52.3 Å². The first-order chi connectivity index (χ1) is 15.7. The molecule has 2 aromatic heterocycles. The van der Waals surface area contributed by atoms with Crippen LogP contribution in [0.3, 0.4) is 0 Å². The SMILES string of the molecule is NC(=O)Nc1ccc(-c2nc(N3CCOCC3)c3ccc(-c4cncnc4)cc3n2)cc1. The molecule has 32 heavy (non-hydrogen) atoms. The van der Waals surface area contributed by atoms with E-state index in [9.17, 15) is 4.79 Å². The van der Waals surface area contributed by atoms with Gasteiger partial charge in [-0.05, 0) is 42.0 Å². The maximum Gasteiger partial charge on any atom is 0.316 e. The van der Waals surface area contributed by atoms with Crippen LogP contribution in [0.4, 0.5) is 16.3 Å². The van der Waals surface area contributed by atoms with E-state index in [0.29, 0.717) is 24.7 Å². The zero-order chi connectivity index (χ0) is 21.9. The third-order valence-electron chi connectivity index (χ3n) is 5.29. The largest absolute Gasteiger partial charge is 0.378 e. The van der Waals surface area contributed by atoms with Gasteiger partial charge in [0.05, 0.1) is 18.7 Å². The lowest BCUT2D eigenvalue weighted by atomic mass is 10.1. The summed E-state index contributed by atoms with van der Waals surface area (Å²) in [6.07, 6.45) is 5.07. The Bertz CT molecular complexity index is 1260. The number of benzene rings is 2. The summed E-state index contributed by atoms with van der Waals surface area (Å²) in [6.45, 7) is 2.85. The molecule has 5 rings (SSSR count). The topological polar surface area (TPSA) is 119 Å². The van der Waals surface area contributed by atoms with E-state index >= 15 is 0 Å². The van der Waals surface area contributed by atoms with E-state index in [1.807, 2.05) is 30.3 Å². The van der Waals surface area contributed by atoms with Gasteiger partial charge in [0.2, 0.25) is 0 Å². The van der Waals surface area contributed by atoms with Crippen LogP contribution in [0.2, 0.25) is 0 Å². The first-order valence-electron chi connectivity index (χ1n) is 10.2. The van der Waals surface area contributed by atoms with Crippen molar-refractivity contribution in [3.63, 3.8) is 0 Å². The van der Waals surface area contributed by atoms with Crippen molar-refractivity contribution in [1.29, 1.82) is 0 Å². The molecule has 3 N–H and O–H groups in total. The summed E-state index contributed by atoms with van der Waals surface area (Å²) in [5.41, 5.74) is 9.39. The molecule has 0 radical (unpaired) electrons. The van der Waals surface area contributed by atoms with Crippen LogP contribution in [0.5, 0.6) is 0 Å². The second-order valence-electron chi connectivity index (χ2n) is 7.40. The average Bonchev–Trinajstić information content (AvgIpc) is 2.84. The van der Waals surface area contributed by atoms with Crippen molar-refractivity contribution in [2.45, 2.75) is 0 Å². The van der Waals surface area contributed by atoms with E-state index in [1.165, 1.54) is 6.33 Å². The third kappa shape index (κ3) is 4.06. The maximum atomic E-state index is 11.1. The number of hydrogen-bond acceptors (Lipinski definition) is 7. The summed E-state index contributed by atoms with van der Waals surface area (Å²) in [4.78, 5) is 31.3. The van der Waals surface area contributed by atoms with E-state index in [1.54, 1.807) is 24.5 Å². The Labute approximate surface area is 184 Å². The van der Waals surface area contributed by atoms with Crippen LogP contribution in [0.1, 0.15) is 0 Å². The average molecular weight is 427 g/mol. The molecule has 1 aliphatic heterocycles. The molecule has 0 unspecified atom stereocenters. The molecule has 2 aromatic carbocycles. The smallest absolute Gasteiger partial charge is 0.316 e. The summed E-state index contributed by atoms with van der Waals surface area (Å²) >= 11 is 0. The summed E-state index contributed by atoms with van der Waals surface area (Å²) in [6, 6.07) is 12.8. The Morgan fingerprint density at radius 1 is 0.938 bits per heavy atom. The highest BCUT2D eigenvalue weighted by atomic mass is 16.5. The molecule has 9 nitrogen and oxygen atoms in total. The number of aromatic nitrogens is 4. The quantitative estimate of drug-likeness (QED) is 0.514. The lowest BCUT2D eigenvalue weighted by molar-refractivity contribution is 0.122. The minimum atomic E-state index is -0.605. The van der Waals surface area contributed by atoms with Crippen LogP contribution in [0.15, 0.2) is 61.2 Å². The van der Waals surface area contributed by atoms with Crippen molar-refractivity contribution >= 4 is 28.4 Å². The predicted octanol–water partition coefficient (Wildman–Crippen LogP) is 3.08. The van der Waals surface area contributed by atoms with Gasteiger partial charge in [0, 0.05) is 47.7 Å². The van der Waals surface area contributed by atoms with Crippen molar-refractivity contribution in [1.82, 2.24) is 19.9 Å². The van der Waals surface area contributed by atoms with Crippen molar-refractivity contribution in [3.05, 3.63) is 61.2 Å². The van der Waals surface area contributed by atoms with Gasteiger partial charge >= 0.3 is 6.03 Å². The van der Waals surface area contributed by atoms with E-state index in [2.05, 4.69) is 20.2 Å². The summed E-state index contributed by atoms with van der Waals surface area (Å²) in [5, 5.41) is 3.54. The van der Waals surface area contributed by atoms with Gasteiger partial charge in [-0.15, -0.1) is 0 Å². The minimum Gasteiger partial charge on any atom is -0.378 e. The van der Waals surface area contributed by atoms with Gasteiger partial charge in [0.15, 0.2) is 5.82 Å². The van der Waals surface area contributed by atoms with Gasteiger partial charge in [-0.1, -0.05) is 6.07 Å². The zero-order valence-corrected chi connectivity index (χ0v) is 17.2. The second kappa shape index (κ2) is 8.56. The fourth-order valence-corrected chi connectivity index (χ4v) is 3.73. The lowest BCUT2D eigenvalue weighted by Crippen LogP contribution is -2.37. The molecule has 0 spiro atoms. The minimum absolute atomic E-state index is 0.603. The number of urea groups is 1. The van der Waals surface area contributed by atoms with Crippen LogP contribution in [-0.2, 0) is 4.74 Å². The van der Waals surface area contributed by atoms with Gasteiger partial charge in [0.25, 0.3) is 0 Å². The molecule has 9 heteroatoms. The summed E-state index contributed by atoms with van der Waals surface area (Å²) in [5.74, 6) is 1.48. The van der Waals surface area contributed by atoms with E-state index in [0.717, 1.165) is 46.5 Å². The third-order valence-corrected chi connectivity index (χ3v) is 5.29. The van der Waals surface area contributed by atoms with Gasteiger partial charge in [-0.2, -0.15) is 0 Å². The number of fused-ring (bicyclic) bond motifs is 1. The van der Waals surface area contributed by atoms with Crippen molar-refractivity contribution in [3.8, 4) is 22.5 Å². The molecule has 0 atom stereocenters. The normalized spacial score (nSPS) is 13.8. The predicted molar refractivity (Wildman–Crippen MR) is 122 cm³/mol. The number of morpholine rings is 1. The maximum absolute atomic E-state index is 11.1. The van der Waals surface area contributed by atoms with Crippen LogP contribution in [0.25, 0.3) is 33.4 Å². The Morgan fingerprint density at radius 3 is 2.38 bits per heavy atom. The van der Waals surface area contributed by atoms with Crippen molar-refractivity contribution in [2.24, 2.45) is 5.73 Å². The molecule has 3 heterocycles. The van der Waals surface area contributed by atoms with Gasteiger partial charge < -0.3 is 20.7 Å². The standard InChI is InChI=1S/C23H21N7O2/c24-23(31)27-18-4-1-15(2-5-18)21-28-20-11-16(17-12-25-14-26-13-17)3-6-19(20)22(29-21)30-7-9-32-10-8-30/h1-6,11-14H,7-10H2,(H3,24,27,31). The number of rotatable bonds is 4. The van der Waals surface area contributed by atoms with Crippen LogP contribution >= 0.6 is 0 Å². The first kappa shape index (κ1) is 19.8. The molecule has 1 saturated heterocycles. The molecule has 160 valence electrons. The molecule has 4 aromatic rings. The number of hydrogen-bond donors (Lipinski definition) is 2. The molecule has 1 aliphatic rings. The molecule has 0 saturated carbocycles. The molecule has 1 fully saturated rings. The zero-order valence-electron chi connectivity index (χ0n) is 17.2. The number of anilines is 2. The number of primary amides is 1. The van der Waals surface area contributed by atoms with Gasteiger partial charge in [-0.3, -0.25) is 0 Å². The molecular weight excluding hydrogens is 406 g/mol. The fourth-order valence-electron chi connectivity index (χ4n) is 3.73. The highest BCUT2D eigenvalue weighted by Crippen LogP contribution is 2.31. The molecule has 2 amide bonds. The molecule has 0 aliphatic carbocycles. The second-order valence-corrected chi connectivity index (χ2v) is 7.40. The Hall–Kier alpha value is -4.11. The number of nitrogens with zero attached hydrogens (tertiary/aromatic N) is 5. The molecule has 0 bridgehead atoms.